The topological polar surface area (TPSA) is 47.6 Å². The number of carbonyl (C=O) groups is 1. The predicted molar refractivity (Wildman–Crippen MR) is 70.5 cm³/mol. The molecule has 5 heteroatoms. The second-order valence-electron chi connectivity index (χ2n) is 5.79. The Labute approximate surface area is 109 Å². The number of likely N-dealkylation sites (tertiary alicyclic amines) is 1. The molecule has 1 aliphatic carbocycles. The summed E-state index contributed by atoms with van der Waals surface area (Å²) in [5.74, 6) is 0.239. The van der Waals surface area contributed by atoms with Crippen LogP contribution in [0.15, 0.2) is 0 Å². The number of carbonyl (C=O) groups excluding carboxylic acids is 1. The summed E-state index contributed by atoms with van der Waals surface area (Å²) in [6.07, 6.45) is 3.03. The van der Waals surface area contributed by atoms with E-state index in [0.29, 0.717) is 12.5 Å². The van der Waals surface area contributed by atoms with Gasteiger partial charge in [0.05, 0.1) is 0 Å². The lowest BCUT2D eigenvalue weighted by Gasteiger charge is -2.46. The molecule has 0 aromatic heterocycles. The van der Waals surface area contributed by atoms with Crippen LogP contribution in [0.1, 0.15) is 19.3 Å². The van der Waals surface area contributed by atoms with Gasteiger partial charge in [0.1, 0.15) is 0 Å². The van der Waals surface area contributed by atoms with Gasteiger partial charge in [-0.15, -0.1) is 0 Å². The number of hydrogen-bond donors (Lipinski definition) is 2. The zero-order chi connectivity index (χ0) is 12.4. The molecule has 0 radical (unpaired) electrons. The maximum atomic E-state index is 11.6. The van der Waals surface area contributed by atoms with Crippen LogP contribution in [0.3, 0.4) is 0 Å². The molecule has 3 aliphatic rings. The second-order valence-corrected chi connectivity index (χ2v) is 5.79. The Morgan fingerprint density at radius 3 is 2.61 bits per heavy atom. The van der Waals surface area contributed by atoms with Crippen molar-refractivity contribution in [2.75, 3.05) is 45.8 Å². The van der Waals surface area contributed by atoms with Gasteiger partial charge in [-0.2, -0.15) is 0 Å². The average molecular weight is 252 g/mol. The third kappa shape index (κ3) is 3.22. The molecule has 2 heterocycles. The minimum atomic E-state index is 0.239. The highest BCUT2D eigenvalue weighted by atomic mass is 16.1. The van der Waals surface area contributed by atoms with Crippen LogP contribution < -0.4 is 10.6 Å². The summed E-state index contributed by atoms with van der Waals surface area (Å²) in [4.78, 5) is 16.5. The molecule has 2 aliphatic heterocycles. The Kier molecular flexibility index (Phi) is 3.82. The van der Waals surface area contributed by atoms with Gasteiger partial charge in [-0.05, 0) is 12.8 Å². The molecule has 18 heavy (non-hydrogen) atoms. The third-order valence-corrected chi connectivity index (χ3v) is 4.20. The first-order valence-corrected chi connectivity index (χ1v) is 7.28. The Morgan fingerprint density at radius 1 is 1.22 bits per heavy atom. The van der Waals surface area contributed by atoms with E-state index in [9.17, 15) is 4.79 Å². The predicted octanol–water partition coefficient (Wildman–Crippen LogP) is -0.755. The van der Waals surface area contributed by atoms with E-state index in [4.69, 9.17) is 0 Å². The van der Waals surface area contributed by atoms with Crippen molar-refractivity contribution in [2.45, 2.75) is 31.3 Å². The molecule has 2 saturated heterocycles. The lowest BCUT2D eigenvalue weighted by molar-refractivity contribution is -0.122. The van der Waals surface area contributed by atoms with Crippen molar-refractivity contribution in [1.29, 1.82) is 0 Å². The van der Waals surface area contributed by atoms with Crippen LogP contribution in [0.5, 0.6) is 0 Å². The Balaban J connectivity index is 1.28. The molecule has 3 fully saturated rings. The number of nitrogens with one attached hydrogen (secondary N) is 2. The molecule has 1 amide bonds. The summed E-state index contributed by atoms with van der Waals surface area (Å²) in [6, 6.07) is 1.24. The number of hydrogen-bond acceptors (Lipinski definition) is 4. The smallest absolute Gasteiger partial charge is 0.221 e. The Bertz CT molecular complexity index is 293. The van der Waals surface area contributed by atoms with E-state index in [-0.39, 0.29) is 5.91 Å². The Hall–Kier alpha value is -0.650. The van der Waals surface area contributed by atoms with Gasteiger partial charge in [-0.3, -0.25) is 14.6 Å². The number of rotatable bonds is 5. The summed E-state index contributed by atoms with van der Waals surface area (Å²) >= 11 is 0. The molecule has 0 aromatic rings. The molecule has 5 nitrogen and oxygen atoms in total. The largest absolute Gasteiger partial charge is 0.353 e. The third-order valence-electron chi connectivity index (χ3n) is 4.20. The normalized spacial score (nSPS) is 26.9. The van der Waals surface area contributed by atoms with Crippen LogP contribution in [0, 0.1) is 0 Å². The molecule has 0 bridgehead atoms. The van der Waals surface area contributed by atoms with Crippen molar-refractivity contribution < 1.29 is 4.79 Å². The van der Waals surface area contributed by atoms with Crippen molar-refractivity contribution in [3.63, 3.8) is 0 Å². The van der Waals surface area contributed by atoms with Gasteiger partial charge >= 0.3 is 0 Å². The van der Waals surface area contributed by atoms with Gasteiger partial charge in [0.2, 0.25) is 5.91 Å². The van der Waals surface area contributed by atoms with E-state index in [0.717, 1.165) is 38.8 Å². The Morgan fingerprint density at radius 2 is 1.94 bits per heavy atom. The molecule has 102 valence electrons. The molecule has 2 N–H and O–H groups in total. The summed E-state index contributed by atoms with van der Waals surface area (Å²) < 4.78 is 0. The molecule has 0 unspecified atom stereocenters. The van der Waals surface area contributed by atoms with Crippen LogP contribution in [0.25, 0.3) is 0 Å². The highest BCUT2D eigenvalue weighted by molar-refractivity contribution is 5.76. The van der Waals surface area contributed by atoms with Gasteiger partial charge in [0.25, 0.3) is 0 Å². The van der Waals surface area contributed by atoms with E-state index in [2.05, 4.69) is 20.4 Å². The van der Waals surface area contributed by atoms with Crippen LogP contribution in [0.4, 0.5) is 0 Å². The quantitative estimate of drug-likeness (QED) is 0.675. The minimum Gasteiger partial charge on any atom is -0.353 e. The van der Waals surface area contributed by atoms with Crippen molar-refractivity contribution in [3.8, 4) is 0 Å². The van der Waals surface area contributed by atoms with Crippen molar-refractivity contribution in [2.24, 2.45) is 0 Å². The van der Waals surface area contributed by atoms with Crippen LogP contribution in [0.2, 0.25) is 0 Å². The highest BCUT2D eigenvalue weighted by Crippen LogP contribution is 2.19. The monoisotopic (exact) mass is 252 g/mol. The average Bonchev–Trinajstić information content (AvgIpc) is 3.12. The molecular formula is C13H24N4O. The van der Waals surface area contributed by atoms with Gasteiger partial charge in [0, 0.05) is 64.3 Å². The van der Waals surface area contributed by atoms with Gasteiger partial charge in [0.15, 0.2) is 0 Å². The van der Waals surface area contributed by atoms with Crippen molar-refractivity contribution in [3.05, 3.63) is 0 Å². The maximum absolute atomic E-state index is 11.6. The number of amides is 1. The number of piperazine rings is 1. The van der Waals surface area contributed by atoms with E-state index in [1.54, 1.807) is 0 Å². The molecule has 1 saturated carbocycles. The molecule has 0 aromatic carbocycles. The fourth-order valence-electron chi connectivity index (χ4n) is 2.79. The summed E-state index contributed by atoms with van der Waals surface area (Å²) in [6.45, 7) is 7.84. The molecular weight excluding hydrogens is 228 g/mol. The molecule has 0 atom stereocenters. The summed E-state index contributed by atoms with van der Waals surface area (Å²) in [5, 5.41) is 6.43. The highest BCUT2D eigenvalue weighted by Gasteiger charge is 2.32. The maximum Gasteiger partial charge on any atom is 0.221 e. The minimum absolute atomic E-state index is 0.239. The second kappa shape index (κ2) is 5.55. The first-order valence-electron chi connectivity index (χ1n) is 7.28. The molecule has 3 rings (SSSR count). The van der Waals surface area contributed by atoms with Crippen LogP contribution in [-0.2, 0) is 4.79 Å². The van der Waals surface area contributed by atoms with Gasteiger partial charge < -0.3 is 10.6 Å². The van der Waals surface area contributed by atoms with Gasteiger partial charge in [-0.25, -0.2) is 0 Å². The summed E-state index contributed by atoms with van der Waals surface area (Å²) in [7, 11) is 0. The zero-order valence-electron chi connectivity index (χ0n) is 11.0. The first-order chi connectivity index (χ1) is 8.81. The standard InChI is InChI=1S/C13H24N4O/c18-13(15-11-1-2-11)3-6-16-9-12(10-16)17-7-4-14-5-8-17/h11-12,14H,1-10H2,(H,15,18). The van der Waals surface area contributed by atoms with Crippen LogP contribution >= 0.6 is 0 Å². The lowest BCUT2D eigenvalue weighted by atomic mass is 10.1. The number of nitrogens with zero attached hydrogens (tertiary/aromatic N) is 2. The fraction of sp³-hybridized carbons (Fsp3) is 0.923. The van der Waals surface area contributed by atoms with Crippen molar-refractivity contribution in [1.82, 2.24) is 20.4 Å². The first kappa shape index (κ1) is 12.4. The van der Waals surface area contributed by atoms with E-state index in [1.165, 1.54) is 25.9 Å². The SMILES string of the molecule is O=C(CCN1CC(N2CCNCC2)C1)NC1CC1. The van der Waals surface area contributed by atoms with E-state index >= 15 is 0 Å². The summed E-state index contributed by atoms with van der Waals surface area (Å²) in [5.41, 5.74) is 0. The lowest BCUT2D eigenvalue weighted by Crippen LogP contribution is -2.62. The molecule has 0 spiro atoms. The fourth-order valence-corrected chi connectivity index (χ4v) is 2.79. The zero-order valence-corrected chi connectivity index (χ0v) is 11.0. The van der Waals surface area contributed by atoms with Crippen molar-refractivity contribution >= 4 is 5.91 Å². The van der Waals surface area contributed by atoms with E-state index in [1.807, 2.05) is 0 Å². The van der Waals surface area contributed by atoms with Gasteiger partial charge in [-0.1, -0.05) is 0 Å². The van der Waals surface area contributed by atoms with Crippen LogP contribution in [-0.4, -0.2) is 73.6 Å². The van der Waals surface area contributed by atoms with E-state index < -0.39 is 0 Å².